The summed E-state index contributed by atoms with van der Waals surface area (Å²) in [5.41, 5.74) is 13.6. The van der Waals surface area contributed by atoms with Crippen molar-refractivity contribution in [1.82, 2.24) is 4.98 Å². The Morgan fingerprint density at radius 1 is 0.554 bits per heavy atom. The fourth-order valence-electron chi connectivity index (χ4n) is 8.99. The van der Waals surface area contributed by atoms with E-state index in [1.807, 2.05) is 41.7 Å². The summed E-state index contributed by atoms with van der Waals surface area (Å²) in [5, 5.41) is 4.41. The zero-order valence-corrected chi connectivity index (χ0v) is 31.0. The number of hydrogen-bond acceptors (Lipinski definition) is 5. The van der Waals surface area contributed by atoms with Crippen molar-refractivity contribution in [3.05, 3.63) is 193 Å². The Morgan fingerprint density at radius 3 is 2.20 bits per heavy atom. The maximum Gasteiger partial charge on any atom is 0.227 e. The largest absolute Gasteiger partial charge is 0.456 e. The number of oxazole rings is 1. The zero-order chi connectivity index (χ0) is 36.7. The number of furan rings is 1. The van der Waals surface area contributed by atoms with Crippen LogP contribution in [0, 0.1) is 0 Å². The van der Waals surface area contributed by atoms with E-state index in [2.05, 4.69) is 150 Å². The van der Waals surface area contributed by atoms with E-state index in [9.17, 15) is 0 Å². The first kappa shape index (κ1) is 31.4. The summed E-state index contributed by atoms with van der Waals surface area (Å²) in [6.07, 6.45) is 0.891. The molecule has 0 bridgehead atoms. The van der Waals surface area contributed by atoms with Gasteiger partial charge in [0.1, 0.15) is 16.7 Å². The molecule has 0 spiro atoms. The smallest absolute Gasteiger partial charge is 0.227 e. The van der Waals surface area contributed by atoms with E-state index in [0.717, 1.165) is 56.5 Å². The third kappa shape index (κ3) is 4.74. The lowest BCUT2D eigenvalue weighted by Gasteiger charge is -2.31. The van der Waals surface area contributed by atoms with Gasteiger partial charge < -0.3 is 13.7 Å². The number of anilines is 3. The maximum absolute atomic E-state index is 6.96. The first-order chi connectivity index (χ1) is 27.8. The number of hydrogen-bond donors (Lipinski definition) is 0. The van der Waals surface area contributed by atoms with Gasteiger partial charge in [-0.25, -0.2) is 4.98 Å². The molecule has 0 amide bonds. The summed E-state index contributed by atoms with van der Waals surface area (Å²) in [4.78, 5) is 7.64. The molecule has 5 heteroatoms. The Hall–Kier alpha value is -6.95. The van der Waals surface area contributed by atoms with Crippen molar-refractivity contribution < 1.29 is 8.83 Å². The van der Waals surface area contributed by atoms with Gasteiger partial charge in [-0.05, 0) is 82.8 Å². The molecule has 12 rings (SSSR count). The number of aromatic nitrogens is 1. The first-order valence-corrected chi connectivity index (χ1v) is 19.9. The average Bonchev–Trinajstić information content (AvgIpc) is 3.98. The minimum absolute atomic E-state index is 0.245. The van der Waals surface area contributed by atoms with Gasteiger partial charge in [0.25, 0.3) is 0 Å². The van der Waals surface area contributed by atoms with Crippen molar-refractivity contribution in [2.45, 2.75) is 12.3 Å². The minimum atomic E-state index is 0.245. The van der Waals surface area contributed by atoms with Gasteiger partial charge in [-0.2, -0.15) is 0 Å². The van der Waals surface area contributed by atoms with Crippen LogP contribution < -0.4 is 4.90 Å². The molecule has 1 unspecified atom stereocenters. The summed E-state index contributed by atoms with van der Waals surface area (Å²) in [7, 11) is 0. The number of para-hydroxylation sites is 1. The summed E-state index contributed by atoms with van der Waals surface area (Å²) in [6.45, 7) is 0. The molecule has 56 heavy (non-hydrogen) atoms. The van der Waals surface area contributed by atoms with Gasteiger partial charge in [-0.3, -0.25) is 0 Å². The third-order valence-electron chi connectivity index (χ3n) is 11.5. The van der Waals surface area contributed by atoms with Crippen LogP contribution in [0.5, 0.6) is 0 Å². The molecule has 0 saturated carbocycles. The highest BCUT2D eigenvalue weighted by atomic mass is 32.1. The topological polar surface area (TPSA) is 42.4 Å². The van der Waals surface area contributed by atoms with E-state index in [1.165, 1.54) is 48.0 Å². The van der Waals surface area contributed by atoms with Crippen LogP contribution in [0.4, 0.5) is 17.1 Å². The van der Waals surface area contributed by atoms with Crippen LogP contribution in [0.2, 0.25) is 0 Å². The highest BCUT2D eigenvalue weighted by Gasteiger charge is 2.30. The van der Waals surface area contributed by atoms with Gasteiger partial charge in [-0.1, -0.05) is 121 Å². The van der Waals surface area contributed by atoms with Crippen LogP contribution >= 0.6 is 11.3 Å². The lowest BCUT2D eigenvalue weighted by molar-refractivity contribution is 0.620. The first-order valence-electron chi connectivity index (χ1n) is 19.0. The molecule has 0 N–H and O–H groups in total. The quantitative estimate of drug-likeness (QED) is 0.176. The molecule has 11 aromatic rings. The number of rotatable bonds is 5. The van der Waals surface area contributed by atoms with Gasteiger partial charge in [0.05, 0.1) is 16.8 Å². The number of benzene rings is 8. The molecule has 8 aromatic carbocycles. The van der Waals surface area contributed by atoms with Crippen LogP contribution in [0.1, 0.15) is 22.6 Å². The summed E-state index contributed by atoms with van der Waals surface area (Å²) in [5.74, 6) is 0.820. The molecule has 3 heterocycles. The van der Waals surface area contributed by atoms with Gasteiger partial charge >= 0.3 is 0 Å². The molecular weight excluding hydrogens is 705 g/mol. The zero-order valence-electron chi connectivity index (χ0n) is 30.1. The van der Waals surface area contributed by atoms with Crippen molar-refractivity contribution in [2.75, 3.05) is 4.90 Å². The molecule has 264 valence electrons. The van der Waals surface area contributed by atoms with E-state index in [0.29, 0.717) is 11.5 Å². The van der Waals surface area contributed by atoms with Crippen LogP contribution in [-0.4, -0.2) is 4.98 Å². The van der Waals surface area contributed by atoms with Gasteiger partial charge in [-0.15, -0.1) is 11.3 Å². The fraction of sp³-hybridized carbons (Fsp3) is 0.0392. The Kier molecular flexibility index (Phi) is 6.89. The summed E-state index contributed by atoms with van der Waals surface area (Å²) >= 11 is 1.83. The van der Waals surface area contributed by atoms with Gasteiger partial charge in [0.2, 0.25) is 5.89 Å². The molecule has 0 aliphatic heterocycles. The molecule has 0 radical (unpaired) electrons. The molecule has 1 atom stereocenters. The van der Waals surface area contributed by atoms with E-state index < -0.39 is 0 Å². The summed E-state index contributed by atoms with van der Waals surface area (Å²) < 4.78 is 16.1. The van der Waals surface area contributed by atoms with E-state index in [-0.39, 0.29) is 5.92 Å². The predicted molar refractivity (Wildman–Crippen MR) is 232 cm³/mol. The van der Waals surface area contributed by atoms with E-state index >= 15 is 0 Å². The molecule has 0 fully saturated rings. The molecular formula is C51H32N2O2S. The second kappa shape index (κ2) is 12.3. The van der Waals surface area contributed by atoms with Crippen molar-refractivity contribution in [1.29, 1.82) is 0 Å². The highest BCUT2D eigenvalue weighted by molar-refractivity contribution is 7.26. The second-order valence-corrected chi connectivity index (χ2v) is 15.7. The number of fused-ring (bicyclic) bond motifs is 11. The molecule has 1 aliphatic carbocycles. The number of thiophene rings is 1. The lowest BCUT2D eigenvalue weighted by Crippen LogP contribution is -2.15. The Balaban J connectivity index is 1.17. The molecule has 3 aromatic heterocycles. The van der Waals surface area contributed by atoms with Gasteiger partial charge in [0.15, 0.2) is 5.58 Å². The SMILES string of the molecule is c1ccc(-c2nc3c(o2)c(N(c2ccc4c(c2)CC(c2ccccc2)c2ccccc2-4)c2cccc4sc5ccccc5c24)cc2oc4ccccc4c23)cc1. The van der Waals surface area contributed by atoms with E-state index in [1.54, 1.807) is 0 Å². The van der Waals surface area contributed by atoms with Crippen LogP contribution in [0.25, 0.3) is 75.8 Å². The minimum Gasteiger partial charge on any atom is -0.456 e. The standard InChI is InChI=1S/C51H32N2O2S/c1-3-14-31(15-4-1)40-29-33-28-34(26-27-35(33)36-18-7-8-19-37(36)40)53(41-22-13-25-46-47(41)39-21-10-12-24-45(39)56-46)42-30-44-48(38-20-9-11-23-43(38)54-44)49-50(42)55-51(52-49)32-16-5-2-6-17-32/h1-28,30,40H,29H2. The maximum atomic E-state index is 6.96. The van der Waals surface area contributed by atoms with Crippen LogP contribution in [0.15, 0.2) is 185 Å². The van der Waals surface area contributed by atoms with Crippen LogP contribution in [0.3, 0.4) is 0 Å². The normalized spacial score (nSPS) is 13.8. The molecule has 1 aliphatic rings. The molecule has 4 nitrogen and oxygen atoms in total. The molecule has 0 saturated heterocycles. The van der Waals surface area contributed by atoms with Crippen LogP contribution in [-0.2, 0) is 6.42 Å². The summed E-state index contributed by atoms with van der Waals surface area (Å²) in [6, 6.07) is 62.7. The lowest BCUT2D eigenvalue weighted by atomic mass is 9.75. The Bertz CT molecular complexity index is 3300. The van der Waals surface area contributed by atoms with Gasteiger partial charge in [0, 0.05) is 48.8 Å². The number of nitrogens with zero attached hydrogens (tertiary/aromatic N) is 2. The van der Waals surface area contributed by atoms with Crippen molar-refractivity contribution in [2.24, 2.45) is 0 Å². The Morgan fingerprint density at radius 2 is 1.30 bits per heavy atom. The fourth-order valence-corrected chi connectivity index (χ4v) is 10.1. The Labute approximate surface area is 326 Å². The predicted octanol–water partition coefficient (Wildman–Crippen LogP) is 14.6. The van der Waals surface area contributed by atoms with Crippen molar-refractivity contribution in [3.63, 3.8) is 0 Å². The second-order valence-electron chi connectivity index (χ2n) is 14.6. The average molecular weight is 737 g/mol. The highest BCUT2D eigenvalue weighted by Crippen LogP contribution is 2.51. The van der Waals surface area contributed by atoms with E-state index in [4.69, 9.17) is 13.8 Å². The van der Waals surface area contributed by atoms with Crippen molar-refractivity contribution >= 4 is 81.6 Å². The van der Waals surface area contributed by atoms with Crippen molar-refractivity contribution in [3.8, 4) is 22.6 Å². The third-order valence-corrected chi connectivity index (χ3v) is 12.6. The monoisotopic (exact) mass is 736 g/mol.